The Bertz CT molecular complexity index is 578. The number of nitrogens with two attached hydrogens (primary N) is 1. The molecule has 0 radical (unpaired) electrons. The molecule has 0 spiro atoms. The monoisotopic (exact) mass is 258 g/mol. The van der Waals surface area contributed by atoms with Gasteiger partial charge in [0.05, 0.1) is 5.69 Å². The molecule has 0 aromatic carbocycles. The smallest absolute Gasteiger partial charge is 0.161 e. The Morgan fingerprint density at radius 1 is 1.16 bits per heavy atom. The summed E-state index contributed by atoms with van der Waals surface area (Å²) in [6.45, 7) is 6.22. The molecular formula is C15H22N4. The lowest BCUT2D eigenvalue weighted by Crippen LogP contribution is -2.12. The average molecular weight is 258 g/mol. The van der Waals surface area contributed by atoms with E-state index >= 15 is 0 Å². The Morgan fingerprint density at radius 2 is 1.95 bits per heavy atom. The molecule has 2 heterocycles. The van der Waals surface area contributed by atoms with Crippen molar-refractivity contribution in [3.05, 3.63) is 29.1 Å². The number of rotatable bonds is 5. The van der Waals surface area contributed by atoms with Gasteiger partial charge in [-0.05, 0) is 44.4 Å². The van der Waals surface area contributed by atoms with Crippen molar-refractivity contribution in [3.8, 4) is 0 Å². The third-order valence-electron chi connectivity index (χ3n) is 3.47. The van der Waals surface area contributed by atoms with Crippen molar-refractivity contribution >= 4 is 16.7 Å². The molecule has 0 aliphatic heterocycles. The van der Waals surface area contributed by atoms with E-state index in [1.807, 2.05) is 26.0 Å². The number of hydrazine groups is 1. The highest BCUT2D eigenvalue weighted by Crippen LogP contribution is 2.28. The van der Waals surface area contributed by atoms with Gasteiger partial charge in [-0.2, -0.15) is 0 Å². The highest BCUT2D eigenvalue weighted by atomic mass is 15.2. The van der Waals surface area contributed by atoms with Gasteiger partial charge in [-0.25, -0.2) is 9.97 Å². The van der Waals surface area contributed by atoms with Gasteiger partial charge in [0.25, 0.3) is 0 Å². The lowest BCUT2D eigenvalue weighted by Gasteiger charge is -2.14. The van der Waals surface area contributed by atoms with Crippen LogP contribution in [0.2, 0.25) is 0 Å². The summed E-state index contributed by atoms with van der Waals surface area (Å²) in [5, 5.41) is 1.00. The van der Waals surface area contributed by atoms with Crippen LogP contribution in [0.1, 0.15) is 43.1 Å². The van der Waals surface area contributed by atoms with Crippen molar-refractivity contribution in [2.75, 3.05) is 5.43 Å². The molecule has 0 amide bonds. The summed E-state index contributed by atoms with van der Waals surface area (Å²) in [7, 11) is 0. The summed E-state index contributed by atoms with van der Waals surface area (Å²) in [6, 6.07) is 4.04. The number of hydrogen-bond acceptors (Lipinski definition) is 4. The zero-order valence-corrected chi connectivity index (χ0v) is 12.0. The Labute approximate surface area is 114 Å². The van der Waals surface area contributed by atoms with Crippen molar-refractivity contribution < 1.29 is 0 Å². The molecule has 4 heteroatoms. The van der Waals surface area contributed by atoms with E-state index in [0.717, 1.165) is 34.5 Å². The second-order valence-electron chi connectivity index (χ2n) is 4.98. The lowest BCUT2D eigenvalue weighted by atomic mass is 10.0. The fourth-order valence-corrected chi connectivity index (χ4v) is 2.42. The third-order valence-corrected chi connectivity index (χ3v) is 3.47. The summed E-state index contributed by atoms with van der Waals surface area (Å²) in [5.74, 6) is 5.72. The van der Waals surface area contributed by atoms with Crippen molar-refractivity contribution in [1.82, 2.24) is 9.97 Å². The van der Waals surface area contributed by atoms with Crippen LogP contribution in [0, 0.1) is 13.8 Å². The van der Waals surface area contributed by atoms with Crippen LogP contribution in [-0.4, -0.2) is 9.97 Å². The van der Waals surface area contributed by atoms with Gasteiger partial charge >= 0.3 is 0 Å². The number of anilines is 1. The largest absolute Gasteiger partial charge is 0.323 e. The molecule has 102 valence electrons. The average Bonchev–Trinajstić information content (AvgIpc) is 2.39. The first-order valence-electron chi connectivity index (χ1n) is 6.90. The molecule has 3 N–H and O–H groups in total. The van der Waals surface area contributed by atoms with Gasteiger partial charge in [-0.1, -0.05) is 19.8 Å². The minimum absolute atomic E-state index is 0.768. The first-order valence-corrected chi connectivity index (χ1v) is 6.90. The van der Waals surface area contributed by atoms with E-state index in [1.54, 1.807) is 0 Å². The van der Waals surface area contributed by atoms with E-state index in [9.17, 15) is 0 Å². The van der Waals surface area contributed by atoms with E-state index in [1.165, 1.54) is 24.8 Å². The molecule has 2 aromatic rings. The van der Waals surface area contributed by atoms with Crippen LogP contribution in [0.15, 0.2) is 12.1 Å². The van der Waals surface area contributed by atoms with Crippen molar-refractivity contribution in [2.45, 2.75) is 46.5 Å². The van der Waals surface area contributed by atoms with Crippen LogP contribution in [0.25, 0.3) is 11.0 Å². The highest BCUT2D eigenvalue weighted by molar-refractivity contribution is 5.91. The standard InChI is InChI=1S/C15H22N4/c1-4-5-6-7-12-11(3)18-15-13(14(12)19-16)9-8-10(2)17-15/h8-9H,4-7,16H2,1-3H3,(H,17,18,19). The number of aryl methyl sites for hydroxylation is 2. The number of nitrogen functional groups attached to an aromatic ring is 1. The molecule has 0 aliphatic rings. The minimum Gasteiger partial charge on any atom is -0.323 e. The Morgan fingerprint density at radius 3 is 2.63 bits per heavy atom. The van der Waals surface area contributed by atoms with Gasteiger partial charge in [0.15, 0.2) is 5.65 Å². The van der Waals surface area contributed by atoms with E-state index in [2.05, 4.69) is 22.3 Å². The van der Waals surface area contributed by atoms with Crippen LogP contribution in [0.4, 0.5) is 5.69 Å². The Balaban J connectivity index is 2.50. The first kappa shape index (κ1) is 13.7. The quantitative estimate of drug-likeness (QED) is 0.491. The second-order valence-corrected chi connectivity index (χ2v) is 4.98. The second kappa shape index (κ2) is 5.97. The maximum atomic E-state index is 5.72. The molecule has 0 saturated heterocycles. The van der Waals surface area contributed by atoms with Crippen LogP contribution < -0.4 is 11.3 Å². The molecule has 2 rings (SSSR count). The van der Waals surface area contributed by atoms with Crippen molar-refractivity contribution in [3.63, 3.8) is 0 Å². The first-order chi connectivity index (χ1) is 9.17. The van der Waals surface area contributed by atoms with Crippen LogP contribution in [-0.2, 0) is 6.42 Å². The van der Waals surface area contributed by atoms with Crippen LogP contribution in [0.5, 0.6) is 0 Å². The predicted octanol–water partition coefficient (Wildman–Crippen LogP) is 3.26. The summed E-state index contributed by atoms with van der Waals surface area (Å²) in [4.78, 5) is 9.09. The van der Waals surface area contributed by atoms with Gasteiger partial charge in [0.2, 0.25) is 0 Å². The van der Waals surface area contributed by atoms with Crippen LogP contribution in [0.3, 0.4) is 0 Å². The third kappa shape index (κ3) is 2.84. The molecule has 0 fully saturated rings. The number of aromatic nitrogens is 2. The molecular weight excluding hydrogens is 236 g/mol. The Hall–Kier alpha value is -1.68. The van der Waals surface area contributed by atoms with Crippen molar-refractivity contribution in [2.24, 2.45) is 5.84 Å². The zero-order chi connectivity index (χ0) is 13.8. The van der Waals surface area contributed by atoms with E-state index in [-0.39, 0.29) is 0 Å². The normalized spacial score (nSPS) is 10.9. The molecule has 19 heavy (non-hydrogen) atoms. The van der Waals surface area contributed by atoms with Gasteiger partial charge in [0.1, 0.15) is 0 Å². The number of fused-ring (bicyclic) bond motifs is 1. The molecule has 0 unspecified atom stereocenters. The maximum absolute atomic E-state index is 5.72. The minimum atomic E-state index is 0.768. The zero-order valence-electron chi connectivity index (χ0n) is 12.0. The number of nitrogens with one attached hydrogen (secondary N) is 1. The van der Waals surface area contributed by atoms with E-state index in [0.29, 0.717) is 0 Å². The summed E-state index contributed by atoms with van der Waals surface area (Å²) in [6.07, 6.45) is 4.62. The molecule has 2 aromatic heterocycles. The van der Waals surface area contributed by atoms with Gasteiger partial charge in [0, 0.05) is 16.8 Å². The fourth-order valence-electron chi connectivity index (χ4n) is 2.42. The molecule has 0 saturated carbocycles. The highest BCUT2D eigenvalue weighted by Gasteiger charge is 2.12. The lowest BCUT2D eigenvalue weighted by molar-refractivity contribution is 0.714. The number of unbranched alkanes of at least 4 members (excludes halogenated alkanes) is 2. The molecule has 0 atom stereocenters. The molecule has 4 nitrogen and oxygen atoms in total. The van der Waals surface area contributed by atoms with E-state index < -0.39 is 0 Å². The number of nitrogens with zero attached hydrogens (tertiary/aromatic N) is 2. The SMILES string of the molecule is CCCCCc1c(C)nc2nc(C)ccc2c1NN. The van der Waals surface area contributed by atoms with Crippen LogP contribution >= 0.6 is 0 Å². The Kier molecular flexibility index (Phi) is 4.32. The summed E-state index contributed by atoms with van der Waals surface area (Å²) in [5.41, 5.74) is 7.80. The molecule has 0 aliphatic carbocycles. The molecule has 0 bridgehead atoms. The van der Waals surface area contributed by atoms with Crippen molar-refractivity contribution in [1.29, 1.82) is 0 Å². The number of pyridine rings is 2. The van der Waals surface area contributed by atoms with Gasteiger partial charge in [-0.3, -0.25) is 5.84 Å². The summed E-state index contributed by atoms with van der Waals surface area (Å²) >= 11 is 0. The topological polar surface area (TPSA) is 63.8 Å². The van der Waals surface area contributed by atoms with E-state index in [4.69, 9.17) is 5.84 Å². The maximum Gasteiger partial charge on any atom is 0.161 e. The van der Waals surface area contributed by atoms with Gasteiger partial charge in [-0.15, -0.1) is 0 Å². The van der Waals surface area contributed by atoms with Gasteiger partial charge < -0.3 is 5.43 Å². The number of hydrogen-bond donors (Lipinski definition) is 2. The fraction of sp³-hybridized carbons (Fsp3) is 0.467. The predicted molar refractivity (Wildman–Crippen MR) is 80.1 cm³/mol. The summed E-state index contributed by atoms with van der Waals surface area (Å²) < 4.78 is 0.